The van der Waals surface area contributed by atoms with Crippen LogP contribution in [0.15, 0.2) is 28.9 Å². The van der Waals surface area contributed by atoms with Crippen LogP contribution in [0, 0.1) is 12.7 Å². The number of benzene rings is 1. The van der Waals surface area contributed by atoms with Crippen LogP contribution in [0.4, 0.5) is 15.9 Å². The highest BCUT2D eigenvalue weighted by Gasteiger charge is 2.27. The van der Waals surface area contributed by atoms with Crippen LogP contribution in [-0.4, -0.2) is 9.97 Å². The van der Waals surface area contributed by atoms with E-state index in [0.717, 1.165) is 28.8 Å². The van der Waals surface area contributed by atoms with E-state index in [-0.39, 0.29) is 5.82 Å². The lowest BCUT2D eigenvalue weighted by Crippen LogP contribution is -2.00. The summed E-state index contributed by atoms with van der Waals surface area (Å²) in [5, 5.41) is 3.13. The Hall–Kier alpha value is -1.49. The van der Waals surface area contributed by atoms with Crippen molar-refractivity contribution in [2.24, 2.45) is 0 Å². The molecule has 19 heavy (non-hydrogen) atoms. The fourth-order valence-electron chi connectivity index (χ4n) is 1.98. The molecule has 0 aliphatic heterocycles. The number of hydrogen-bond donors (Lipinski definition) is 1. The maximum absolute atomic E-state index is 13.3. The van der Waals surface area contributed by atoms with Gasteiger partial charge in [0.05, 0.1) is 0 Å². The quantitative estimate of drug-likeness (QED) is 0.856. The van der Waals surface area contributed by atoms with Gasteiger partial charge in [0.25, 0.3) is 0 Å². The predicted molar refractivity (Wildman–Crippen MR) is 76.1 cm³/mol. The van der Waals surface area contributed by atoms with Crippen molar-refractivity contribution < 1.29 is 4.39 Å². The van der Waals surface area contributed by atoms with Crippen molar-refractivity contribution in [3.63, 3.8) is 0 Å². The summed E-state index contributed by atoms with van der Waals surface area (Å²) in [5.74, 6) is 1.77. The molecule has 1 saturated carbocycles. The second-order valence-electron chi connectivity index (χ2n) is 4.85. The first kappa shape index (κ1) is 12.5. The minimum atomic E-state index is -0.252. The highest BCUT2D eigenvalue weighted by atomic mass is 79.9. The lowest BCUT2D eigenvalue weighted by Gasteiger charge is -2.08. The van der Waals surface area contributed by atoms with Crippen LogP contribution >= 0.6 is 15.9 Å². The average molecular weight is 322 g/mol. The molecule has 2 aromatic rings. The van der Waals surface area contributed by atoms with Crippen molar-refractivity contribution in [1.29, 1.82) is 0 Å². The molecule has 0 unspecified atom stereocenters. The maximum atomic E-state index is 13.3. The van der Waals surface area contributed by atoms with Crippen LogP contribution in [0.3, 0.4) is 0 Å². The topological polar surface area (TPSA) is 37.8 Å². The van der Waals surface area contributed by atoms with Crippen LogP contribution < -0.4 is 5.32 Å². The Kier molecular flexibility index (Phi) is 3.22. The summed E-state index contributed by atoms with van der Waals surface area (Å²) in [6, 6.07) is 6.64. The monoisotopic (exact) mass is 321 g/mol. The summed E-state index contributed by atoms with van der Waals surface area (Å²) in [7, 11) is 0. The van der Waals surface area contributed by atoms with Crippen molar-refractivity contribution in [3.05, 3.63) is 46.1 Å². The third kappa shape index (κ3) is 3.10. The van der Waals surface area contributed by atoms with Crippen molar-refractivity contribution in [3.8, 4) is 0 Å². The number of rotatable bonds is 3. The number of halogens is 2. The van der Waals surface area contributed by atoms with E-state index in [1.807, 2.05) is 13.0 Å². The van der Waals surface area contributed by atoms with Crippen LogP contribution in [0.1, 0.15) is 30.1 Å². The molecule has 98 valence electrons. The second kappa shape index (κ2) is 4.89. The molecule has 1 aliphatic carbocycles. The first-order valence-corrected chi connectivity index (χ1v) is 6.98. The van der Waals surface area contributed by atoms with Crippen LogP contribution in [0.2, 0.25) is 0 Å². The molecule has 1 aliphatic rings. The van der Waals surface area contributed by atoms with Gasteiger partial charge in [0.15, 0.2) is 0 Å². The zero-order valence-electron chi connectivity index (χ0n) is 10.5. The normalized spacial score (nSPS) is 14.5. The van der Waals surface area contributed by atoms with Crippen molar-refractivity contribution in [1.82, 2.24) is 9.97 Å². The maximum Gasteiger partial charge on any atom is 0.135 e. The number of anilines is 2. The number of hydrogen-bond acceptors (Lipinski definition) is 3. The van der Waals surface area contributed by atoms with Gasteiger partial charge in [-0.3, -0.25) is 0 Å². The summed E-state index contributed by atoms with van der Waals surface area (Å²) >= 11 is 3.39. The zero-order chi connectivity index (χ0) is 13.4. The van der Waals surface area contributed by atoms with Gasteiger partial charge in [0.1, 0.15) is 22.1 Å². The predicted octanol–water partition coefficient (Wildman–Crippen LogP) is 4.31. The first-order valence-electron chi connectivity index (χ1n) is 6.19. The molecule has 1 N–H and O–H groups in total. The van der Waals surface area contributed by atoms with Gasteiger partial charge in [-0.15, -0.1) is 0 Å². The molecule has 1 fully saturated rings. The van der Waals surface area contributed by atoms with Crippen LogP contribution in [0.5, 0.6) is 0 Å². The molecule has 5 heteroatoms. The van der Waals surface area contributed by atoms with Crippen molar-refractivity contribution in [2.75, 3.05) is 5.32 Å². The van der Waals surface area contributed by atoms with Crippen LogP contribution in [0.25, 0.3) is 0 Å². The number of nitrogens with zero attached hydrogens (tertiary/aromatic N) is 2. The number of nitrogens with one attached hydrogen (secondary N) is 1. The molecule has 3 nitrogen and oxygen atoms in total. The summed E-state index contributed by atoms with van der Waals surface area (Å²) < 4.78 is 14.1. The molecular weight excluding hydrogens is 309 g/mol. The second-order valence-corrected chi connectivity index (χ2v) is 5.66. The van der Waals surface area contributed by atoms with Gasteiger partial charge >= 0.3 is 0 Å². The van der Waals surface area contributed by atoms with Gasteiger partial charge in [0.2, 0.25) is 0 Å². The summed E-state index contributed by atoms with van der Waals surface area (Å²) in [4.78, 5) is 8.84. The van der Waals surface area contributed by atoms with Gasteiger partial charge < -0.3 is 5.32 Å². The Morgan fingerprint density at radius 3 is 2.68 bits per heavy atom. The molecule has 0 spiro atoms. The Morgan fingerprint density at radius 1 is 1.21 bits per heavy atom. The lowest BCUT2D eigenvalue weighted by molar-refractivity contribution is 0.627. The molecule has 0 bridgehead atoms. The largest absolute Gasteiger partial charge is 0.340 e. The van der Waals surface area contributed by atoms with E-state index in [0.29, 0.717) is 17.4 Å². The third-order valence-corrected chi connectivity index (χ3v) is 3.38. The molecule has 3 rings (SSSR count). The Bertz CT molecular complexity index is 606. The minimum absolute atomic E-state index is 0.252. The van der Waals surface area contributed by atoms with Gasteiger partial charge in [-0.25, -0.2) is 14.4 Å². The summed E-state index contributed by atoms with van der Waals surface area (Å²) in [5.41, 5.74) is 1.57. The molecule has 1 aromatic carbocycles. The Balaban J connectivity index is 1.89. The fourth-order valence-corrected chi connectivity index (χ4v) is 2.38. The van der Waals surface area contributed by atoms with Gasteiger partial charge in [-0.1, -0.05) is 0 Å². The van der Waals surface area contributed by atoms with E-state index in [4.69, 9.17) is 0 Å². The molecule has 0 radical (unpaired) electrons. The van der Waals surface area contributed by atoms with E-state index in [9.17, 15) is 4.39 Å². The van der Waals surface area contributed by atoms with E-state index in [1.165, 1.54) is 12.1 Å². The first-order chi connectivity index (χ1) is 9.10. The Labute approximate surface area is 119 Å². The van der Waals surface area contributed by atoms with E-state index in [1.54, 1.807) is 6.07 Å². The number of aryl methyl sites for hydroxylation is 1. The molecule has 0 atom stereocenters. The van der Waals surface area contributed by atoms with Crippen LogP contribution in [-0.2, 0) is 0 Å². The summed E-state index contributed by atoms with van der Waals surface area (Å²) in [6.45, 7) is 1.86. The number of aromatic nitrogens is 2. The average Bonchev–Trinajstić information content (AvgIpc) is 3.09. The zero-order valence-corrected chi connectivity index (χ0v) is 12.0. The van der Waals surface area contributed by atoms with Gasteiger partial charge in [-0.05, 0) is 59.5 Å². The van der Waals surface area contributed by atoms with E-state index in [2.05, 4.69) is 31.2 Å². The lowest BCUT2D eigenvalue weighted by atomic mass is 10.2. The molecule has 0 saturated heterocycles. The minimum Gasteiger partial charge on any atom is -0.340 e. The van der Waals surface area contributed by atoms with Gasteiger partial charge in [0, 0.05) is 17.7 Å². The fraction of sp³-hybridized carbons (Fsp3) is 0.286. The van der Waals surface area contributed by atoms with Crippen molar-refractivity contribution >= 4 is 27.4 Å². The summed E-state index contributed by atoms with van der Waals surface area (Å²) in [6.07, 6.45) is 2.30. The smallest absolute Gasteiger partial charge is 0.135 e. The molecular formula is C14H13BrFN3. The SMILES string of the molecule is Cc1cc(F)cc(Nc2cc(Br)nc(C3CC3)n2)c1. The van der Waals surface area contributed by atoms with E-state index >= 15 is 0 Å². The third-order valence-electron chi connectivity index (χ3n) is 2.97. The van der Waals surface area contributed by atoms with E-state index < -0.39 is 0 Å². The molecule has 1 heterocycles. The van der Waals surface area contributed by atoms with Gasteiger partial charge in [-0.2, -0.15) is 0 Å². The molecule has 0 amide bonds. The highest BCUT2D eigenvalue weighted by molar-refractivity contribution is 9.10. The highest BCUT2D eigenvalue weighted by Crippen LogP contribution is 2.39. The molecule has 1 aromatic heterocycles. The van der Waals surface area contributed by atoms with Crippen molar-refractivity contribution in [2.45, 2.75) is 25.7 Å². The standard InChI is InChI=1S/C14H13BrFN3/c1-8-4-10(16)6-11(5-8)17-13-7-12(15)18-14(19-13)9-2-3-9/h4-7,9H,2-3H2,1H3,(H,17,18,19). The Morgan fingerprint density at radius 2 is 2.00 bits per heavy atom.